The molecule has 0 unspecified atom stereocenters. The number of anilines is 2. The van der Waals surface area contributed by atoms with Gasteiger partial charge in [0, 0.05) is 20.2 Å². The van der Waals surface area contributed by atoms with Gasteiger partial charge in [-0.1, -0.05) is 0 Å². The molecule has 0 fully saturated rings. The smallest absolute Gasteiger partial charge is 0.341 e. The molecule has 3 N–H and O–H groups in total. The first-order chi connectivity index (χ1) is 9.43. The number of hydrogen-bond acceptors (Lipinski definition) is 7. The molecule has 0 atom stereocenters. The molecule has 2 rings (SSSR count). The Morgan fingerprint density at radius 3 is 2.70 bits per heavy atom. The van der Waals surface area contributed by atoms with Crippen LogP contribution >= 0.6 is 0 Å². The number of carbonyl (C=O) groups is 1. The first-order valence-corrected chi connectivity index (χ1v) is 5.47. The van der Waals surface area contributed by atoms with E-state index < -0.39 is 5.97 Å². The highest BCUT2D eigenvalue weighted by molar-refractivity contribution is 5.92. The van der Waals surface area contributed by atoms with E-state index in [0.717, 1.165) is 10.9 Å². The second-order valence-electron chi connectivity index (χ2n) is 4.08. The van der Waals surface area contributed by atoms with Gasteiger partial charge >= 0.3 is 5.97 Å². The quantitative estimate of drug-likeness (QED) is 0.790. The van der Waals surface area contributed by atoms with Crippen molar-refractivity contribution >= 4 is 17.6 Å². The first kappa shape index (κ1) is 13.3. The first-order valence-electron chi connectivity index (χ1n) is 5.47. The van der Waals surface area contributed by atoms with E-state index in [1.165, 1.54) is 6.07 Å². The van der Waals surface area contributed by atoms with Crippen molar-refractivity contribution in [1.29, 1.82) is 5.26 Å². The second-order valence-corrected chi connectivity index (χ2v) is 4.08. The average molecular weight is 273 g/mol. The van der Waals surface area contributed by atoms with Crippen molar-refractivity contribution < 1.29 is 9.90 Å². The normalized spacial score (nSPS) is 10.1. The lowest BCUT2D eigenvalue weighted by Crippen LogP contribution is -2.15. The summed E-state index contributed by atoms with van der Waals surface area (Å²) in [6, 6.07) is 3.41. The number of nitrogen functional groups attached to an aromatic ring is 1. The van der Waals surface area contributed by atoms with E-state index in [2.05, 4.69) is 15.1 Å². The predicted octanol–water partition coefficient (Wildman–Crippen LogP) is -0.120. The van der Waals surface area contributed by atoms with Crippen molar-refractivity contribution in [3.8, 4) is 12.0 Å². The standard InChI is InChI=1S/C11H11N7O2/c1-17(2)8-3-6(4-12)15-11(16-8)18-9(13)7(5-14-18)10(19)20/h3,5H,13H2,1-2H3,(H,19,20). The lowest BCUT2D eigenvalue weighted by Gasteiger charge is -2.12. The fourth-order valence-corrected chi connectivity index (χ4v) is 1.49. The van der Waals surface area contributed by atoms with Crippen LogP contribution < -0.4 is 10.6 Å². The van der Waals surface area contributed by atoms with Crippen LogP contribution in [0.3, 0.4) is 0 Å². The van der Waals surface area contributed by atoms with Crippen LogP contribution in [0.25, 0.3) is 5.95 Å². The molecule has 2 heterocycles. The molecule has 0 bridgehead atoms. The maximum atomic E-state index is 10.9. The molecule has 0 radical (unpaired) electrons. The zero-order valence-electron chi connectivity index (χ0n) is 10.8. The van der Waals surface area contributed by atoms with Gasteiger partial charge in [0.1, 0.15) is 29.0 Å². The lowest BCUT2D eigenvalue weighted by atomic mass is 10.3. The van der Waals surface area contributed by atoms with E-state index in [-0.39, 0.29) is 23.0 Å². The topological polar surface area (TPSA) is 134 Å². The summed E-state index contributed by atoms with van der Waals surface area (Å²) in [6.45, 7) is 0. The van der Waals surface area contributed by atoms with E-state index in [1.54, 1.807) is 19.0 Å². The summed E-state index contributed by atoms with van der Waals surface area (Å²) >= 11 is 0. The van der Waals surface area contributed by atoms with Gasteiger partial charge in [-0.2, -0.15) is 25.0 Å². The van der Waals surface area contributed by atoms with Gasteiger partial charge in [-0.3, -0.25) is 0 Å². The molecule has 0 saturated carbocycles. The molecule has 0 aromatic carbocycles. The van der Waals surface area contributed by atoms with Crippen LogP contribution in [-0.2, 0) is 0 Å². The monoisotopic (exact) mass is 273 g/mol. The fraction of sp³-hybridized carbons (Fsp3) is 0.182. The largest absolute Gasteiger partial charge is 0.477 e. The van der Waals surface area contributed by atoms with Crippen LogP contribution in [-0.4, -0.2) is 44.9 Å². The van der Waals surface area contributed by atoms with Gasteiger partial charge in [-0.15, -0.1) is 0 Å². The summed E-state index contributed by atoms with van der Waals surface area (Å²) in [6.07, 6.45) is 1.11. The van der Waals surface area contributed by atoms with Crippen molar-refractivity contribution in [3.63, 3.8) is 0 Å². The highest BCUT2D eigenvalue weighted by Gasteiger charge is 2.17. The molecular weight excluding hydrogens is 262 g/mol. The lowest BCUT2D eigenvalue weighted by molar-refractivity contribution is 0.0698. The van der Waals surface area contributed by atoms with E-state index >= 15 is 0 Å². The van der Waals surface area contributed by atoms with E-state index in [0.29, 0.717) is 5.82 Å². The van der Waals surface area contributed by atoms with Gasteiger partial charge < -0.3 is 15.7 Å². The Balaban J connectivity index is 2.61. The van der Waals surface area contributed by atoms with Crippen molar-refractivity contribution in [2.24, 2.45) is 0 Å². The number of aromatic carboxylic acids is 1. The highest BCUT2D eigenvalue weighted by atomic mass is 16.4. The van der Waals surface area contributed by atoms with Crippen LogP contribution in [0.15, 0.2) is 12.3 Å². The van der Waals surface area contributed by atoms with Crippen LogP contribution in [0.2, 0.25) is 0 Å². The van der Waals surface area contributed by atoms with Gasteiger partial charge in [0.15, 0.2) is 0 Å². The van der Waals surface area contributed by atoms with Crippen molar-refractivity contribution in [2.45, 2.75) is 0 Å². The third-order valence-electron chi connectivity index (χ3n) is 2.50. The predicted molar refractivity (Wildman–Crippen MR) is 69.6 cm³/mol. The minimum Gasteiger partial charge on any atom is -0.477 e. The fourth-order valence-electron chi connectivity index (χ4n) is 1.49. The van der Waals surface area contributed by atoms with E-state index in [1.807, 2.05) is 6.07 Å². The van der Waals surface area contributed by atoms with Gasteiger partial charge in [-0.05, 0) is 0 Å². The number of hydrogen-bond donors (Lipinski definition) is 2. The van der Waals surface area contributed by atoms with Crippen LogP contribution in [0.5, 0.6) is 0 Å². The van der Waals surface area contributed by atoms with E-state index in [9.17, 15) is 4.79 Å². The SMILES string of the molecule is CN(C)c1cc(C#N)nc(-n2ncc(C(=O)O)c2N)n1. The Morgan fingerprint density at radius 2 is 2.20 bits per heavy atom. The third-order valence-corrected chi connectivity index (χ3v) is 2.50. The summed E-state index contributed by atoms with van der Waals surface area (Å²) in [5, 5.41) is 21.7. The molecule has 2 aromatic rings. The molecule has 9 heteroatoms. The maximum Gasteiger partial charge on any atom is 0.341 e. The van der Waals surface area contributed by atoms with Crippen molar-refractivity contribution in [1.82, 2.24) is 19.7 Å². The second kappa shape index (κ2) is 4.85. The Bertz CT molecular complexity index is 714. The van der Waals surface area contributed by atoms with Gasteiger partial charge in [0.2, 0.25) is 0 Å². The Morgan fingerprint density at radius 1 is 1.50 bits per heavy atom. The molecule has 9 nitrogen and oxygen atoms in total. The number of carboxylic acids is 1. The molecule has 0 aliphatic heterocycles. The summed E-state index contributed by atoms with van der Waals surface area (Å²) in [7, 11) is 3.50. The summed E-state index contributed by atoms with van der Waals surface area (Å²) in [4.78, 5) is 20.8. The van der Waals surface area contributed by atoms with E-state index in [4.69, 9.17) is 16.1 Å². The average Bonchev–Trinajstić information content (AvgIpc) is 2.80. The molecule has 0 spiro atoms. The van der Waals surface area contributed by atoms with Crippen LogP contribution in [0.1, 0.15) is 16.1 Å². The van der Waals surface area contributed by atoms with Gasteiger partial charge in [0.05, 0.1) is 6.20 Å². The highest BCUT2D eigenvalue weighted by Crippen LogP contribution is 2.17. The molecule has 20 heavy (non-hydrogen) atoms. The Hall–Kier alpha value is -3.15. The molecule has 0 amide bonds. The van der Waals surface area contributed by atoms with Crippen molar-refractivity contribution in [2.75, 3.05) is 24.7 Å². The van der Waals surface area contributed by atoms with Crippen LogP contribution in [0.4, 0.5) is 11.6 Å². The number of aromatic nitrogens is 4. The zero-order chi connectivity index (χ0) is 14.9. The number of nitrogens with zero attached hydrogens (tertiary/aromatic N) is 6. The Kier molecular flexibility index (Phi) is 3.22. The molecule has 0 aliphatic carbocycles. The zero-order valence-corrected chi connectivity index (χ0v) is 10.8. The number of nitrogens with two attached hydrogens (primary N) is 1. The molecule has 0 aliphatic rings. The molecular formula is C11H11N7O2. The summed E-state index contributed by atoms with van der Waals surface area (Å²) in [5.74, 6) is -0.772. The Labute approximate surface area is 113 Å². The van der Waals surface area contributed by atoms with Gasteiger partial charge in [-0.25, -0.2) is 4.79 Å². The van der Waals surface area contributed by atoms with Gasteiger partial charge in [0.25, 0.3) is 5.95 Å². The minimum absolute atomic E-state index is 0.0396. The number of nitriles is 1. The summed E-state index contributed by atoms with van der Waals surface area (Å²) in [5.41, 5.74) is 5.68. The van der Waals surface area contributed by atoms with Crippen LogP contribution in [0, 0.1) is 11.3 Å². The number of carboxylic acid groups (broad SMARTS) is 1. The number of rotatable bonds is 3. The summed E-state index contributed by atoms with van der Waals surface area (Å²) < 4.78 is 1.08. The van der Waals surface area contributed by atoms with Crippen molar-refractivity contribution in [3.05, 3.63) is 23.5 Å². The molecule has 2 aromatic heterocycles. The maximum absolute atomic E-state index is 10.9. The molecule has 102 valence electrons. The third kappa shape index (κ3) is 2.22. The molecule has 0 saturated heterocycles. The minimum atomic E-state index is -1.20.